The zero-order chi connectivity index (χ0) is 14.0. The van der Waals surface area contributed by atoms with Crippen molar-refractivity contribution in [2.45, 2.75) is 6.92 Å². The summed E-state index contributed by atoms with van der Waals surface area (Å²) in [6.45, 7) is 3.93. The topological polar surface area (TPSA) is 75.9 Å². The summed E-state index contributed by atoms with van der Waals surface area (Å²) in [5.41, 5.74) is 6.41. The van der Waals surface area contributed by atoms with E-state index in [2.05, 4.69) is 4.74 Å². The minimum Gasteiger partial charge on any atom is -0.453 e. The zero-order valence-corrected chi connectivity index (χ0v) is 11.8. The molecule has 104 valence electrons. The second-order valence-corrected chi connectivity index (χ2v) is 5.63. The van der Waals surface area contributed by atoms with Gasteiger partial charge in [0, 0.05) is 36.7 Å². The molecule has 1 aromatic rings. The number of nitrogens with zero attached hydrogens (tertiary/aromatic N) is 2. The van der Waals surface area contributed by atoms with Crippen molar-refractivity contribution in [1.29, 1.82) is 0 Å². The molecular weight excluding hydrogens is 266 g/mol. The Morgan fingerprint density at radius 3 is 2.32 bits per heavy atom. The first-order valence-corrected chi connectivity index (χ1v) is 6.82. The largest absolute Gasteiger partial charge is 0.453 e. The van der Waals surface area contributed by atoms with Gasteiger partial charge in [-0.1, -0.05) is 0 Å². The monoisotopic (exact) mass is 283 g/mol. The maximum absolute atomic E-state index is 12.3. The molecule has 1 saturated heterocycles. The van der Waals surface area contributed by atoms with E-state index in [0.29, 0.717) is 36.7 Å². The first kappa shape index (κ1) is 13.7. The average Bonchev–Trinajstić information content (AvgIpc) is 2.77. The van der Waals surface area contributed by atoms with E-state index < -0.39 is 0 Å². The number of ether oxygens (including phenoxy) is 1. The molecule has 0 aromatic carbocycles. The van der Waals surface area contributed by atoms with Gasteiger partial charge in [-0.3, -0.25) is 4.79 Å². The maximum atomic E-state index is 12.3. The summed E-state index contributed by atoms with van der Waals surface area (Å²) in [5.74, 6) is -0.0192. The van der Waals surface area contributed by atoms with Crippen LogP contribution in [-0.4, -0.2) is 55.1 Å². The number of anilines is 1. The molecule has 1 aromatic heterocycles. The van der Waals surface area contributed by atoms with Crippen LogP contribution in [0.3, 0.4) is 0 Å². The maximum Gasteiger partial charge on any atom is 0.409 e. The second kappa shape index (κ2) is 5.48. The SMILES string of the molecule is COC(=O)N1CCN(C(=O)c2cc(N)c(C)s2)CC1. The molecule has 1 fully saturated rings. The highest BCUT2D eigenvalue weighted by molar-refractivity contribution is 7.14. The average molecular weight is 283 g/mol. The fraction of sp³-hybridized carbons (Fsp3) is 0.500. The number of methoxy groups -OCH3 is 1. The van der Waals surface area contributed by atoms with E-state index in [9.17, 15) is 9.59 Å². The van der Waals surface area contributed by atoms with Gasteiger partial charge in [0.25, 0.3) is 5.91 Å². The Balaban J connectivity index is 1.98. The van der Waals surface area contributed by atoms with Gasteiger partial charge in [-0.25, -0.2) is 4.79 Å². The predicted molar refractivity (Wildman–Crippen MR) is 73.3 cm³/mol. The number of carbonyl (C=O) groups excluding carboxylic acids is 2. The number of piperazine rings is 1. The molecule has 2 rings (SSSR count). The summed E-state index contributed by atoms with van der Waals surface area (Å²) in [5, 5.41) is 0. The van der Waals surface area contributed by atoms with E-state index in [-0.39, 0.29) is 12.0 Å². The smallest absolute Gasteiger partial charge is 0.409 e. The Kier molecular flexibility index (Phi) is 3.94. The molecule has 0 bridgehead atoms. The third-order valence-electron chi connectivity index (χ3n) is 3.17. The molecular formula is C12H17N3O3S. The lowest BCUT2D eigenvalue weighted by Crippen LogP contribution is -2.50. The van der Waals surface area contributed by atoms with Gasteiger partial charge in [-0.2, -0.15) is 0 Å². The van der Waals surface area contributed by atoms with Crippen molar-refractivity contribution < 1.29 is 14.3 Å². The van der Waals surface area contributed by atoms with Gasteiger partial charge < -0.3 is 20.3 Å². The van der Waals surface area contributed by atoms with Crippen LogP contribution in [0.4, 0.5) is 10.5 Å². The quantitative estimate of drug-likeness (QED) is 0.839. The summed E-state index contributed by atoms with van der Waals surface area (Å²) < 4.78 is 4.66. The van der Waals surface area contributed by atoms with Gasteiger partial charge in [0.05, 0.1) is 12.0 Å². The van der Waals surface area contributed by atoms with Gasteiger partial charge in [0.2, 0.25) is 0 Å². The summed E-state index contributed by atoms with van der Waals surface area (Å²) in [6, 6.07) is 1.72. The van der Waals surface area contributed by atoms with Crippen LogP contribution in [0.25, 0.3) is 0 Å². The van der Waals surface area contributed by atoms with Crippen molar-refractivity contribution in [2.75, 3.05) is 39.0 Å². The summed E-state index contributed by atoms with van der Waals surface area (Å²) in [6.07, 6.45) is -0.344. The van der Waals surface area contributed by atoms with Gasteiger partial charge in [0.1, 0.15) is 0 Å². The number of nitrogen functional groups attached to an aromatic ring is 1. The van der Waals surface area contributed by atoms with Gasteiger partial charge >= 0.3 is 6.09 Å². The third kappa shape index (κ3) is 2.81. The Morgan fingerprint density at radius 1 is 1.26 bits per heavy atom. The number of nitrogens with two attached hydrogens (primary N) is 1. The Morgan fingerprint density at radius 2 is 1.84 bits per heavy atom. The number of hydrogen-bond donors (Lipinski definition) is 1. The number of aryl methyl sites for hydroxylation is 1. The number of carbonyl (C=O) groups is 2. The van der Waals surface area contributed by atoms with Crippen LogP contribution in [0.2, 0.25) is 0 Å². The van der Waals surface area contributed by atoms with Crippen LogP contribution in [0, 0.1) is 6.92 Å². The summed E-state index contributed by atoms with van der Waals surface area (Å²) >= 11 is 1.41. The van der Waals surface area contributed by atoms with Crippen LogP contribution in [0.5, 0.6) is 0 Å². The van der Waals surface area contributed by atoms with Crippen molar-refractivity contribution in [2.24, 2.45) is 0 Å². The van der Waals surface area contributed by atoms with E-state index >= 15 is 0 Å². The lowest BCUT2D eigenvalue weighted by Gasteiger charge is -2.33. The molecule has 0 atom stereocenters. The molecule has 7 heteroatoms. The molecule has 1 aliphatic heterocycles. The molecule has 0 unspecified atom stereocenters. The fourth-order valence-electron chi connectivity index (χ4n) is 1.98. The molecule has 0 saturated carbocycles. The van der Waals surface area contributed by atoms with Crippen molar-refractivity contribution in [3.05, 3.63) is 15.8 Å². The summed E-state index contributed by atoms with van der Waals surface area (Å²) in [4.78, 5) is 28.5. The predicted octanol–water partition coefficient (Wildman–Crippen LogP) is 1.16. The van der Waals surface area contributed by atoms with Crippen LogP contribution in [-0.2, 0) is 4.74 Å². The Bertz CT molecular complexity index is 473. The van der Waals surface area contributed by atoms with Gasteiger partial charge in [-0.15, -0.1) is 11.3 Å². The zero-order valence-electron chi connectivity index (χ0n) is 11.0. The Hall–Kier alpha value is -1.76. The van der Waals surface area contributed by atoms with Crippen molar-refractivity contribution in [3.8, 4) is 0 Å². The molecule has 19 heavy (non-hydrogen) atoms. The second-order valence-electron chi connectivity index (χ2n) is 4.37. The molecule has 0 aliphatic carbocycles. The van der Waals surface area contributed by atoms with Crippen LogP contribution in [0.1, 0.15) is 14.5 Å². The highest BCUT2D eigenvalue weighted by Crippen LogP contribution is 2.25. The fourth-order valence-corrected chi connectivity index (χ4v) is 2.89. The molecule has 0 spiro atoms. The molecule has 2 N–H and O–H groups in total. The lowest BCUT2D eigenvalue weighted by molar-refractivity contribution is 0.0604. The van der Waals surface area contributed by atoms with E-state index in [4.69, 9.17) is 5.73 Å². The Labute approximate surface area is 115 Å². The first-order valence-electron chi connectivity index (χ1n) is 6.01. The molecule has 2 amide bonds. The highest BCUT2D eigenvalue weighted by Gasteiger charge is 2.26. The number of hydrogen-bond acceptors (Lipinski definition) is 5. The van der Waals surface area contributed by atoms with Crippen molar-refractivity contribution >= 4 is 29.0 Å². The van der Waals surface area contributed by atoms with Crippen LogP contribution < -0.4 is 5.73 Å². The standard InChI is InChI=1S/C12H17N3O3S/c1-8-9(13)7-10(19-8)11(16)14-3-5-15(6-4-14)12(17)18-2/h7H,3-6,13H2,1-2H3. The summed E-state index contributed by atoms with van der Waals surface area (Å²) in [7, 11) is 1.36. The molecule has 2 heterocycles. The minimum atomic E-state index is -0.344. The van der Waals surface area contributed by atoms with Gasteiger partial charge in [-0.05, 0) is 13.0 Å². The first-order chi connectivity index (χ1) is 9.02. The number of amides is 2. The van der Waals surface area contributed by atoms with Crippen LogP contribution in [0.15, 0.2) is 6.07 Å². The van der Waals surface area contributed by atoms with Crippen LogP contribution >= 0.6 is 11.3 Å². The number of thiophene rings is 1. The van der Waals surface area contributed by atoms with Crippen molar-refractivity contribution in [3.63, 3.8) is 0 Å². The van der Waals surface area contributed by atoms with Crippen molar-refractivity contribution in [1.82, 2.24) is 9.80 Å². The highest BCUT2D eigenvalue weighted by atomic mass is 32.1. The molecule has 1 aliphatic rings. The number of rotatable bonds is 1. The van der Waals surface area contributed by atoms with E-state index in [0.717, 1.165) is 4.88 Å². The van der Waals surface area contributed by atoms with E-state index in [1.54, 1.807) is 15.9 Å². The molecule has 0 radical (unpaired) electrons. The minimum absolute atomic E-state index is 0.0192. The van der Waals surface area contributed by atoms with E-state index in [1.807, 2.05) is 6.92 Å². The van der Waals surface area contributed by atoms with Gasteiger partial charge in [0.15, 0.2) is 0 Å². The normalized spacial score (nSPS) is 15.5. The lowest BCUT2D eigenvalue weighted by atomic mass is 10.3. The third-order valence-corrected chi connectivity index (χ3v) is 4.22. The van der Waals surface area contributed by atoms with E-state index in [1.165, 1.54) is 18.4 Å². The molecule has 6 nitrogen and oxygen atoms in total.